The predicted molar refractivity (Wildman–Crippen MR) is 84.0 cm³/mol. The molecule has 5 nitrogen and oxygen atoms in total. The fourth-order valence-corrected chi connectivity index (χ4v) is 2.87. The molecule has 0 aliphatic heterocycles. The van der Waals surface area contributed by atoms with E-state index in [0.29, 0.717) is 12.1 Å². The second-order valence-electron chi connectivity index (χ2n) is 4.82. The Morgan fingerprint density at radius 1 is 1.29 bits per heavy atom. The van der Waals surface area contributed by atoms with E-state index in [1.165, 1.54) is 0 Å². The molecule has 0 bridgehead atoms. The van der Waals surface area contributed by atoms with E-state index < -0.39 is 0 Å². The monoisotopic (exact) mass is 347 g/mol. The van der Waals surface area contributed by atoms with Gasteiger partial charge in [0.2, 0.25) is 0 Å². The highest BCUT2D eigenvalue weighted by Gasteiger charge is 2.07. The molecule has 0 unspecified atom stereocenters. The van der Waals surface area contributed by atoms with Crippen molar-refractivity contribution in [2.45, 2.75) is 13.5 Å². The van der Waals surface area contributed by atoms with Gasteiger partial charge in [0.25, 0.3) is 5.56 Å². The van der Waals surface area contributed by atoms with E-state index in [1.54, 1.807) is 34.7 Å². The lowest BCUT2D eigenvalue weighted by molar-refractivity contribution is 0.412. The Morgan fingerprint density at radius 2 is 2.10 bits per heavy atom. The summed E-state index contributed by atoms with van der Waals surface area (Å²) in [6.07, 6.45) is 3.54. The number of ether oxygens (including phenoxy) is 1. The third-order valence-corrected chi connectivity index (χ3v) is 3.91. The first-order valence-electron chi connectivity index (χ1n) is 6.46. The van der Waals surface area contributed by atoms with Crippen LogP contribution in [0.25, 0.3) is 5.52 Å². The lowest BCUT2D eigenvalue weighted by Gasteiger charge is -2.08. The van der Waals surface area contributed by atoms with Crippen LogP contribution in [0.3, 0.4) is 0 Å². The van der Waals surface area contributed by atoms with Gasteiger partial charge < -0.3 is 9.30 Å². The summed E-state index contributed by atoms with van der Waals surface area (Å²) in [6, 6.07) is 7.58. The van der Waals surface area contributed by atoms with Gasteiger partial charge >= 0.3 is 0 Å². The highest BCUT2D eigenvalue weighted by Crippen LogP contribution is 2.25. The lowest BCUT2D eigenvalue weighted by atomic mass is 10.2. The van der Waals surface area contributed by atoms with Gasteiger partial charge in [-0.1, -0.05) is 6.07 Å². The zero-order valence-corrected chi connectivity index (χ0v) is 13.3. The van der Waals surface area contributed by atoms with Crippen molar-refractivity contribution in [3.8, 4) is 5.75 Å². The highest BCUT2D eigenvalue weighted by atomic mass is 79.9. The number of aryl methyl sites for hydroxylation is 1. The number of rotatable bonds is 3. The summed E-state index contributed by atoms with van der Waals surface area (Å²) in [7, 11) is 1.63. The molecule has 0 amide bonds. The van der Waals surface area contributed by atoms with Crippen molar-refractivity contribution in [1.82, 2.24) is 14.2 Å². The van der Waals surface area contributed by atoms with Crippen LogP contribution in [-0.4, -0.2) is 21.3 Å². The minimum atomic E-state index is -0.0509. The van der Waals surface area contributed by atoms with Gasteiger partial charge in [-0.3, -0.25) is 4.79 Å². The first kappa shape index (κ1) is 13.9. The minimum Gasteiger partial charge on any atom is -0.496 e. The fraction of sp³-hybridized carbons (Fsp3) is 0.200. The SMILES string of the molecule is COc1ccc(Cn2ccn3nc(C)cc3c2=O)cc1Br. The number of nitrogens with zero attached hydrogens (tertiary/aromatic N) is 3. The molecule has 0 atom stereocenters. The van der Waals surface area contributed by atoms with E-state index in [4.69, 9.17) is 4.74 Å². The summed E-state index contributed by atoms with van der Waals surface area (Å²) in [4.78, 5) is 12.4. The van der Waals surface area contributed by atoms with Crippen molar-refractivity contribution < 1.29 is 4.74 Å². The molecule has 21 heavy (non-hydrogen) atoms. The van der Waals surface area contributed by atoms with Crippen LogP contribution >= 0.6 is 15.9 Å². The van der Waals surface area contributed by atoms with Crippen LogP contribution in [0.15, 0.2) is 45.9 Å². The van der Waals surface area contributed by atoms with Gasteiger partial charge in [0.1, 0.15) is 11.3 Å². The topological polar surface area (TPSA) is 48.5 Å². The largest absolute Gasteiger partial charge is 0.496 e. The van der Waals surface area contributed by atoms with Crippen LogP contribution in [0.1, 0.15) is 11.3 Å². The molecule has 6 heteroatoms. The second kappa shape index (κ2) is 5.37. The molecule has 0 saturated carbocycles. The van der Waals surface area contributed by atoms with Gasteiger partial charge in [-0.15, -0.1) is 0 Å². The molecule has 0 aliphatic rings. The standard InChI is InChI=1S/C15H14BrN3O2/c1-10-7-13-15(20)18(5-6-19(13)17-10)9-11-3-4-14(21-2)12(16)8-11/h3-8H,9H2,1-2H3. The van der Waals surface area contributed by atoms with Crippen LogP contribution in [0.5, 0.6) is 5.75 Å². The van der Waals surface area contributed by atoms with Crippen molar-refractivity contribution in [2.24, 2.45) is 0 Å². The number of methoxy groups -OCH3 is 1. The quantitative estimate of drug-likeness (QED) is 0.731. The lowest BCUT2D eigenvalue weighted by Crippen LogP contribution is -2.21. The maximum Gasteiger partial charge on any atom is 0.276 e. The number of hydrogen-bond acceptors (Lipinski definition) is 3. The number of benzene rings is 1. The Morgan fingerprint density at radius 3 is 2.81 bits per heavy atom. The zero-order valence-electron chi connectivity index (χ0n) is 11.7. The molecular formula is C15H14BrN3O2. The van der Waals surface area contributed by atoms with Gasteiger partial charge in [0, 0.05) is 12.4 Å². The first-order valence-corrected chi connectivity index (χ1v) is 7.25. The summed E-state index contributed by atoms with van der Waals surface area (Å²) in [6.45, 7) is 2.37. The van der Waals surface area contributed by atoms with E-state index >= 15 is 0 Å². The second-order valence-corrected chi connectivity index (χ2v) is 5.67. The molecule has 2 heterocycles. The summed E-state index contributed by atoms with van der Waals surface area (Å²) in [5.74, 6) is 0.771. The smallest absolute Gasteiger partial charge is 0.276 e. The summed E-state index contributed by atoms with van der Waals surface area (Å²) in [5, 5.41) is 4.24. The first-order chi connectivity index (χ1) is 10.1. The Bertz CT molecular complexity index is 867. The molecule has 2 aromatic heterocycles. The average molecular weight is 348 g/mol. The zero-order chi connectivity index (χ0) is 15.0. The molecule has 1 aromatic carbocycles. The average Bonchev–Trinajstić information content (AvgIpc) is 2.84. The summed E-state index contributed by atoms with van der Waals surface area (Å²) < 4.78 is 9.36. The van der Waals surface area contributed by atoms with E-state index in [-0.39, 0.29) is 5.56 Å². The van der Waals surface area contributed by atoms with Gasteiger partial charge in [-0.2, -0.15) is 5.10 Å². The van der Waals surface area contributed by atoms with Crippen molar-refractivity contribution in [3.63, 3.8) is 0 Å². The molecule has 3 aromatic rings. The Hall–Kier alpha value is -2.08. The third kappa shape index (κ3) is 2.58. The molecule has 0 spiro atoms. The number of hydrogen-bond donors (Lipinski definition) is 0. The van der Waals surface area contributed by atoms with Crippen LogP contribution in [0.2, 0.25) is 0 Å². The molecule has 3 rings (SSSR count). The van der Waals surface area contributed by atoms with Gasteiger partial charge in [-0.05, 0) is 46.6 Å². The molecule has 0 aliphatic carbocycles. The Kier molecular flexibility index (Phi) is 3.55. The van der Waals surface area contributed by atoms with E-state index in [1.807, 2.05) is 25.1 Å². The van der Waals surface area contributed by atoms with Crippen molar-refractivity contribution in [3.05, 3.63) is 62.7 Å². The molecule has 0 N–H and O–H groups in total. The van der Waals surface area contributed by atoms with Crippen molar-refractivity contribution in [2.75, 3.05) is 7.11 Å². The van der Waals surface area contributed by atoms with E-state index in [0.717, 1.165) is 21.5 Å². The fourth-order valence-electron chi connectivity index (χ4n) is 2.28. The molecule has 0 radical (unpaired) electrons. The van der Waals surface area contributed by atoms with Gasteiger partial charge in [-0.25, -0.2) is 4.52 Å². The van der Waals surface area contributed by atoms with E-state index in [9.17, 15) is 4.79 Å². The number of fused-ring (bicyclic) bond motifs is 1. The molecular weight excluding hydrogens is 334 g/mol. The van der Waals surface area contributed by atoms with Crippen molar-refractivity contribution in [1.29, 1.82) is 0 Å². The normalized spacial score (nSPS) is 11.0. The van der Waals surface area contributed by atoms with Crippen LogP contribution in [0, 0.1) is 6.92 Å². The Labute approximate surface area is 129 Å². The van der Waals surface area contributed by atoms with Crippen LogP contribution in [-0.2, 0) is 6.54 Å². The molecule has 0 fully saturated rings. The van der Waals surface area contributed by atoms with E-state index in [2.05, 4.69) is 21.0 Å². The van der Waals surface area contributed by atoms with Crippen LogP contribution < -0.4 is 10.3 Å². The van der Waals surface area contributed by atoms with Gasteiger partial charge in [0.05, 0.1) is 23.8 Å². The van der Waals surface area contributed by atoms with Crippen LogP contribution in [0.4, 0.5) is 0 Å². The maximum absolute atomic E-state index is 12.4. The predicted octanol–water partition coefficient (Wildman–Crippen LogP) is 2.62. The summed E-state index contributed by atoms with van der Waals surface area (Å²) >= 11 is 3.46. The minimum absolute atomic E-state index is 0.0509. The van der Waals surface area contributed by atoms with Crippen molar-refractivity contribution >= 4 is 21.4 Å². The third-order valence-electron chi connectivity index (χ3n) is 3.29. The highest BCUT2D eigenvalue weighted by molar-refractivity contribution is 9.10. The Balaban J connectivity index is 2.00. The number of aromatic nitrogens is 3. The number of halogens is 1. The molecule has 0 saturated heterocycles. The summed E-state index contributed by atoms with van der Waals surface area (Å²) in [5.41, 5.74) is 2.38. The maximum atomic E-state index is 12.4. The molecule has 108 valence electrons. The van der Waals surface area contributed by atoms with Gasteiger partial charge in [0.15, 0.2) is 0 Å².